The molecule has 0 fully saturated rings. The second-order valence-corrected chi connectivity index (χ2v) is 6.07. The smallest absolute Gasteiger partial charge is 0.0145 e. The van der Waals surface area contributed by atoms with Gasteiger partial charge in [-0.2, -0.15) is 0 Å². The summed E-state index contributed by atoms with van der Waals surface area (Å²) in [5, 5.41) is 1.16. The average molecular weight is 328 g/mol. The lowest BCUT2D eigenvalue weighted by Crippen LogP contribution is -1.97. The Bertz CT molecular complexity index is 92.5. The molecule has 0 saturated heterocycles. The molecule has 0 heterocycles. The summed E-state index contributed by atoms with van der Waals surface area (Å²) >= 11 is 7.23. The molecule has 0 aliphatic heterocycles. The number of hydrogen-bond acceptors (Lipinski definition) is 0. The summed E-state index contributed by atoms with van der Waals surface area (Å²) in [6, 6.07) is 0. The third kappa shape index (κ3) is 11.0. The van der Waals surface area contributed by atoms with Gasteiger partial charge >= 0.3 is 0 Å². The topological polar surface area (TPSA) is 0 Å². The fourth-order valence-electron chi connectivity index (χ4n) is 1.57. The Hall–Kier alpha value is 0.960. The van der Waals surface area contributed by atoms with Crippen LogP contribution in [0.3, 0.4) is 0 Å². The number of hydrogen-bond donors (Lipinski definition) is 0. The Morgan fingerprint density at radius 2 is 1.43 bits per heavy atom. The molecule has 0 spiro atoms. The number of unbranched alkanes of at least 4 members (excludes halogenated alkanes) is 5. The summed E-state index contributed by atoms with van der Waals surface area (Å²) in [6.45, 7) is 2.27. The zero-order chi connectivity index (χ0) is 10.6. The van der Waals surface area contributed by atoms with Crippen LogP contribution in [0.4, 0.5) is 0 Å². The van der Waals surface area contributed by atoms with Gasteiger partial charge in [-0.05, 0) is 19.3 Å². The van der Waals surface area contributed by atoms with Crippen molar-refractivity contribution in [3.63, 3.8) is 0 Å². The second kappa shape index (κ2) is 12.0. The molecule has 86 valence electrons. The summed E-state index contributed by atoms with van der Waals surface area (Å²) in [6.07, 6.45) is 12.4. The Balaban J connectivity index is 3.07. The summed E-state index contributed by atoms with van der Waals surface area (Å²) in [4.78, 5) is 0.773. The Morgan fingerprint density at radius 3 is 1.93 bits per heavy atom. The van der Waals surface area contributed by atoms with E-state index in [-0.39, 0.29) is 0 Å². The third-order valence-electron chi connectivity index (χ3n) is 2.52. The first kappa shape index (κ1) is 15.0. The van der Waals surface area contributed by atoms with Crippen LogP contribution in [0.15, 0.2) is 0 Å². The predicted molar refractivity (Wildman–Crippen MR) is 73.7 cm³/mol. The van der Waals surface area contributed by atoms with E-state index in [0.29, 0.717) is 0 Å². The third-order valence-corrected chi connectivity index (χ3v) is 4.00. The van der Waals surface area contributed by atoms with Crippen molar-refractivity contribution < 1.29 is 0 Å². The van der Waals surface area contributed by atoms with Crippen molar-refractivity contribution in [2.24, 2.45) is 0 Å². The van der Waals surface area contributed by atoms with E-state index >= 15 is 0 Å². The predicted octanol–water partition coefficient (Wildman–Crippen LogP) is 5.68. The van der Waals surface area contributed by atoms with E-state index in [4.69, 9.17) is 0 Å². The van der Waals surface area contributed by atoms with E-state index in [1.807, 2.05) is 0 Å². The molecule has 14 heavy (non-hydrogen) atoms. The molecule has 2 heteroatoms. The van der Waals surface area contributed by atoms with Crippen LogP contribution in [0.1, 0.15) is 64.7 Å². The van der Waals surface area contributed by atoms with Gasteiger partial charge in [0.1, 0.15) is 0 Å². The van der Waals surface area contributed by atoms with Crippen molar-refractivity contribution in [1.29, 1.82) is 0 Å². The van der Waals surface area contributed by atoms with E-state index in [1.54, 1.807) is 0 Å². The SMILES string of the molecule is CCCCCCC(Br)CCCCCBr. The van der Waals surface area contributed by atoms with Gasteiger partial charge in [-0.1, -0.05) is 77.3 Å². The van der Waals surface area contributed by atoms with E-state index in [0.717, 1.165) is 10.2 Å². The zero-order valence-electron chi connectivity index (χ0n) is 9.40. The molecular weight excluding hydrogens is 304 g/mol. The van der Waals surface area contributed by atoms with Crippen molar-refractivity contribution in [2.75, 3.05) is 5.33 Å². The van der Waals surface area contributed by atoms with Crippen LogP contribution < -0.4 is 0 Å². The number of alkyl halides is 2. The molecular formula is C12H24Br2. The highest BCUT2D eigenvalue weighted by Crippen LogP contribution is 2.18. The van der Waals surface area contributed by atoms with Gasteiger partial charge in [0.15, 0.2) is 0 Å². The zero-order valence-corrected chi connectivity index (χ0v) is 12.6. The molecule has 0 aliphatic carbocycles. The van der Waals surface area contributed by atoms with Crippen LogP contribution in [0.25, 0.3) is 0 Å². The van der Waals surface area contributed by atoms with Crippen LogP contribution in [0.2, 0.25) is 0 Å². The maximum absolute atomic E-state index is 3.77. The minimum Gasteiger partial charge on any atom is -0.0928 e. The van der Waals surface area contributed by atoms with E-state index in [9.17, 15) is 0 Å². The first-order chi connectivity index (χ1) is 6.81. The van der Waals surface area contributed by atoms with Crippen LogP contribution in [-0.4, -0.2) is 10.2 Å². The molecule has 0 saturated carbocycles. The molecule has 0 nitrogen and oxygen atoms in total. The van der Waals surface area contributed by atoms with Crippen molar-refractivity contribution in [3.8, 4) is 0 Å². The lowest BCUT2D eigenvalue weighted by atomic mass is 10.1. The summed E-state index contributed by atoms with van der Waals surface area (Å²) in [5.74, 6) is 0. The van der Waals surface area contributed by atoms with Crippen molar-refractivity contribution >= 4 is 31.9 Å². The summed E-state index contributed by atoms with van der Waals surface area (Å²) in [5.41, 5.74) is 0. The van der Waals surface area contributed by atoms with Gasteiger partial charge in [-0.15, -0.1) is 0 Å². The molecule has 0 N–H and O–H groups in total. The molecule has 0 aliphatic rings. The normalized spacial score (nSPS) is 13.1. The summed E-state index contributed by atoms with van der Waals surface area (Å²) < 4.78 is 0. The maximum atomic E-state index is 3.77. The van der Waals surface area contributed by atoms with Crippen molar-refractivity contribution in [2.45, 2.75) is 69.5 Å². The quantitative estimate of drug-likeness (QED) is 0.358. The van der Waals surface area contributed by atoms with E-state index < -0.39 is 0 Å². The standard InChI is InChI=1S/C12H24Br2/c1-2-3-4-6-9-12(14)10-7-5-8-11-13/h12H,2-11H2,1H3. The van der Waals surface area contributed by atoms with E-state index in [1.165, 1.54) is 57.8 Å². The van der Waals surface area contributed by atoms with Gasteiger partial charge in [-0.25, -0.2) is 0 Å². The fourth-order valence-corrected chi connectivity index (χ4v) is 2.62. The van der Waals surface area contributed by atoms with Crippen LogP contribution >= 0.6 is 31.9 Å². The van der Waals surface area contributed by atoms with Crippen molar-refractivity contribution in [3.05, 3.63) is 0 Å². The molecule has 1 atom stereocenters. The fraction of sp³-hybridized carbons (Fsp3) is 1.00. The second-order valence-electron chi connectivity index (χ2n) is 3.98. The van der Waals surface area contributed by atoms with Gasteiger partial charge in [-0.3, -0.25) is 0 Å². The van der Waals surface area contributed by atoms with Gasteiger partial charge < -0.3 is 0 Å². The van der Waals surface area contributed by atoms with Gasteiger partial charge in [0, 0.05) is 10.2 Å². The average Bonchev–Trinajstić information content (AvgIpc) is 2.19. The molecule has 0 bridgehead atoms. The Kier molecular flexibility index (Phi) is 12.9. The summed E-state index contributed by atoms with van der Waals surface area (Å²) in [7, 11) is 0. The van der Waals surface area contributed by atoms with Gasteiger partial charge in [0.25, 0.3) is 0 Å². The minimum atomic E-state index is 0.773. The lowest BCUT2D eigenvalue weighted by molar-refractivity contribution is 0.578. The van der Waals surface area contributed by atoms with E-state index in [2.05, 4.69) is 38.8 Å². The molecule has 0 radical (unpaired) electrons. The molecule has 0 aromatic heterocycles. The molecule has 1 unspecified atom stereocenters. The van der Waals surface area contributed by atoms with Crippen LogP contribution in [0, 0.1) is 0 Å². The monoisotopic (exact) mass is 326 g/mol. The Morgan fingerprint density at radius 1 is 0.857 bits per heavy atom. The largest absolute Gasteiger partial charge is 0.0928 e. The highest BCUT2D eigenvalue weighted by Gasteiger charge is 2.02. The highest BCUT2D eigenvalue weighted by molar-refractivity contribution is 9.09. The maximum Gasteiger partial charge on any atom is 0.0145 e. The van der Waals surface area contributed by atoms with Gasteiger partial charge in [0.2, 0.25) is 0 Å². The highest BCUT2D eigenvalue weighted by atomic mass is 79.9. The lowest BCUT2D eigenvalue weighted by Gasteiger charge is -2.08. The van der Waals surface area contributed by atoms with Crippen LogP contribution in [0.5, 0.6) is 0 Å². The number of rotatable bonds is 10. The minimum absolute atomic E-state index is 0.773. The number of halogens is 2. The molecule has 0 aromatic carbocycles. The Labute approximate surface area is 106 Å². The molecule has 0 aromatic rings. The molecule has 0 amide bonds. The first-order valence-corrected chi connectivity index (χ1v) is 8.05. The van der Waals surface area contributed by atoms with Crippen LogP contribution in [-0.2, 0) is 0 Å². The first-order valence-electron chi connectivity index (χ1n) is 6.01. The van der Waals surface area contributed by atoms with Crippen molar-refractivity contribution in [1.82, 2.24) is 0 Å². The van der Waals surface area contributed by atoms with Gasteiger partial charge in [0.05, 0.1) is 0 Å². The molecule has 0 rings (SSSR count).